The van der Waals surface area contributed by atoms with Crippen LogP contribution in [0, 0.1) is 0 Å². The van der Waals surface area contributed by atoms with Gasteiger partial charge in [0.1, 0.15) is 12.8 Å². The molecule has 1 heterocycles. The zero-order chi connectivity index (χ0) is 15.2. The van der Waals surface area contributed by atoms with Gasteiger partial charge in [-0.15, -0.1) is 0 Å². The average molecular weight is 292 g/mol. The topological polar surface area (TPSA) is 33.6 Å². The molecule has 5 heteroatoms. The number of hydrogen-bond acceptors (Lipinski definition) is 3. The van der Waals surface area contributed by atoms with Crippen molar-refractivity contribution in [2.75, 3.05) is 13.2 Å². The van der Waals surface area contributed by atoms with Crippen LogP contribution >= 0.6 is 0 Å². The number of rotatable bonds is 5. The van der Waals surface area contributed by atoms with Crippen LogP contribution in [0.1, 0.15) is 13.3 Å². The molecule has 0 aromatic heterocycles. The van der Waals surface area contributed by atoms with E-state index in [1.54, 1.807) is 18.2 Å². The van der Waals surface area contributed by atoms with Gasteiger partial charge in [0.05, 0.1) is 11.9 Å². The lowest BCUT2D eigenvalue weighted by atomic mass is 10.1. The van der Waals surface area contributed by atoms with Gasteiger partial charge < -0.3 is 10.1 Å². The quantitative estimate of drug-likeness (QED) is 0.841. The summed E-state index contributed by atoms with van der Waals surface area (Å²) in [5.74, 6) is -0.200. The molecule has 0 amide bonds. The van der Waals surface area contributed by atoms with Crippen molar-refractivity contribution in [1.29, 1.82) is 0 Å². The van der Waals surface area contributed by atoms with Crippen molar-refractivity contribution >= 4 is 6.21 Å². The van der Waals surface area contributed by atoms with Crippen molar-refractivity contribution < 1.29 is 13.5 Å². The molecule has 3 nitrogen and oxygen atoms in total. The maximum Gasteiger partial charge on any atom is 0.214 e. The number of alkyl halides is 1. The summed E-state index contributed by atoms with van der Waals surface area (Å²) >= 11 is 0. The fourth-order valence-corrected chi connectivity index (χ4v) is 1.95. The van der Waals surface area contributed by atoms with Crippen LogP contribution in [0.15, 0.2) is 64.4 Å². The van der Waals surface area contributed by atoms with Gasteiger partial charge in [0.2, 0.25) is 5.88 Å². The molecule has 1 unspecified atom stereocenters. The third-order valence-electron chi connectivity index (χ3n) is 3.03. The minimum Gasteiger partial charge on any atom is -0.473 e. The van der Waals surface area contributed by atoms with Crippen molar-refractivity contribution in [2.45, 2.75) is 19.5 Å². The van der Waals surface area contributed by atoms with E-state index < -0.39 is 12.0 Å². The summed E-state index contributed by atoms with van der Waals surface area (Å²) in [5, 5.41) is 2.90. The lowest BCUT2D eigenvalue weighted by molar-refractivity contribution is 0.239. The summed E-state index contributed by atoms with van der Waals surface area (Å²) in [4.78, 5) is 3.94. The predicted molar refractivity (Wildman–Crippen MR) is 80.2 cm³/mol. The molecule has 21 heavy (non-hydrogen) atoms. The van der Waals surface area contributed by atoms with E-state index in [2.05, 4.69) is 16.9 Å². The Balaban J connectivity index is 2.00. The summed E-state index contributed by atoms with van der Waals surface area (Å²) in [6.45, 7) is 6.52. The first kappa shape index (κ1) is 15.2. The largest absolute Gasteiger partial charge is 0.473 e. The molecule has 0 radical (unpaired) electrons. The Morgan fingerprint density at radius 3 is 3.00 bits per heavy atom. The summed E-state index contributed by atoms with van der Waals surface area (Å²) in [6, 6.07) is 0. The van der Waals surface area contributed by atoms with E-state index >= 15 is 0 Å². The number of ether oxygens (including phenoxy) is 1. The molecule has 0 aromatic rings. The average Bonchev–Trinajstić information content (AvgIpc) is 2.60. The van der Waals surface area contributed by atoms with E-state index in [0.717, 1.165) is 11.8 Å². The first-order valence-electron chi connectivity index (χ1n) is 6.83. The minimum atomic E-state index is -0.926. The molecule has 112 valence electrons. The third-order valence-corrected chi connectivity index (χ3v) is 3.03. The Morgan fingerprint density at radius 2 is 2.33 bits per heavy atom. The maximum atomic E-state index is 13.8. The zero-order valence-corrected chi connectivity index (χ0v) is 11.9. The fraction of sp³-hybridized carbons (Fsp3) is 0.312. The minimum absolute atomic E-state index is 0.262. The fourth-order valence-electron chi connectivity index (χ4n) is 1.95. The lowest BCUT2D eigenvalue weighted by Crippen LogP contribution is -2.14. The van der Waals surface area contributed by atoms with E-state index in [9.17, 15) is 8.78 Å². The highest BCUT2D eigenvalue weighted by Crippen LogP contribution is 2.20. The maximum absolute atomic E-state index is 13.8. The van der Waals surface area contributed by atoms with Gasteiger partial charge >= 0.3 is 0 Å². The second-order valence-electron chi connectivity index (χ2n) is 4.70. The first-order chi connectivity index (χ1) is 10.1. The number of hydrogen-bond donors (Lipinski definition) is 1. The van der Waals surface area contributed by atoms with Crippen molar-refractivity contribution in [3.8, 4) is 0 Å². The molecule has 0 saturated carbocycles. The van der Waals surface area contributed by atoms with Crippen LogP contribution in [0.25, 0.3) is 0 Å². The van der Waals surface area contributed by atoms with E-state index in [1.807, 2.05) is 6.92 Å². The molecule has 0 spiro atoms. The van der Waals surface area contributed by atoms with E-state index in [1.165, 1.54) is 6.08 Å². The van der Waals surface area contributed by atoms with Crippen molar-refractivity contribution in [2.24, 2.45) is 4.99 Å². The van der Waals surface area contributed by atoms with Gasteiger partial charge in [-0.2, -0.15) is 0 Å². The molecule has 1 atom stereocenters. The first-order valence-corrected chi connectivity index (χ1v) is 6.83. The molecular formula is C16H18F2N2O. The molecule has 0 aromatic carbocycles. The van der Waals surface area contributed by atoms with Crippen LogP contribution in [0.4, 0.5) is 8.78 Å². The van der Waals surface area contributed by atoms with E-state index in [0.29, 0.717) is 24.2 Å². The number of allylic oxidation sites excluding steroid dienone is 4. The summed E-state index contributed by atoms with van der Waals surface area (Å²) < 4.78 is 32.3. The van der Waals surface area contributed by atoms with Gasteiger partial charge in [-0.3, -0.25) is 0 Å². The van der Waals surface area contributed by atoms with E-state index in [-0.39, 0.29) is 12.5 Å². The molecule has 0 bridgehead atoms. The van der Waals surface area contributed by atoms with Gasteiger partial charge in [-0.05, 0) is 18.1 Å². The second-order valence-corrected chi connectivity index (χ2v) is 4.70. The number of likely N-dealkylation sites (N-methyl/N-ethyl adjacent to an activating group) is 1. The SMILES string of the molecule is C=C1C=C(OCC2=CCC(F)C=C2)N=CC(F)=C1NCC. The Bertz CT molecular complexity index is 571. The summed E-state index contributed by atoms with van der Waals surface area (Å²) in [6.07, 6.45) is 7.06. The van der Waals surface area contributed by atoms with Crippen LogP contribution < -0.4 is 5.32 Å². The summed E-state index contributed by atoms with van der Waals surface area (Å²) in [5.41, 5.74) is 1.66. The normalized spacial score (nSPS) is 21.9. The smallest absolute Gasteiger partial charge is 0.214 e. The number of halogens is 2. The molecular weight excluding hydrogens is 274 g/mol. The Hall–Kier alpha value is -2.17. The number of aliphatic imine (C=N–C) groups is 1. The van der Waals surface area contributed by atoms with Gasteiger partial charge in [-0.25, -0.2) is 13.8 Å². The molecule has 2 rings (SSSR count). The van der Waals surface area contributed by atoms with Crippen molar-refractivity contribution in [3.05, 3.63) is 59.4 Å². The molecule has 2 aliphatic rings. The predicted octanol–water partition coefficient (Wildman–Crippen LogP) is 3.50. The Morgan fingerprint density at radius 1 is 1.52 bits per heavy atom. The summed E-state index contributed by atoms with van der Waals surface area (Å²) in [7, 11) is 0. The third kappa shape index (κ3) is 4.15. The molecule has 1 aliphatic heterocycles. The van der Waals surface area contributed by atoms with E-state index in [4.69, 9.17) is 4.74 Å². The molecule has 1 N–H and O–H groups in total. The second kappa shape index (κ2) is 7.02. The van der Waals surface area contributed by atoms with Crippen LogP contribution in [-0.2, 0) is 4.74 Å². The molecule has 0 saturated heterocycles. The van der Waals surface area contributed by atoms with Crippen molar-refractivity contribution in [1.82, 2.24) is 5.32 Å². The van der Waals surface area contributed by atoms with Crippen LogP contribution in [0.3, 0.4) is 0 Å². The van der Waals surface area contributed by atoms with Gasteiger partial charge in [0.15, 0.2) is 5.83 Å². The highest BCUT2D eigenvalue weighted by atomic mass is 19.1. The molecule has 1 aliphatic carbocycles. The monoisotopic (exact) mass is 292 g/mol. The number of nitrogens with zero attached hydrogens (tertiary/aromatic N) is 1. The zero-order valence-electron chi connectivity index (χ0n) is 11.9. The van der Waals surface area contributed by atoms with Crippen LogP contribution in [0.5, 0.6) is 0 Å². The highest BCUT2D eigenvalue weighted by molar-refractivity contribution is 5.80. The lowest BCUT2D eigenvalue weighted by Gasteiger charge is -2.11. The van der Waals surface area contributed by atoms with Crippen molar-refractivity contribution in [3.63, 3.8) is 0 Å². The Labute approximate surface area is 123 Å². The van der Waals surface area contributed by atoms with Crippen LogP contribution in [-0.4, -0.2) is 25.5 Å². The molecule has 0 fully saturated rings. The van der Waals surface area contributed by atoms with Gasteiger partial charge in [-0.1, -0.05) is 24.8 Å². The van der Waals surface area contributed by atoms with Gasteiger partial charge in [0.25, 0.3) is 0 Å². The standard InChI is InChI=1S/C16H18F2N2O/c1-3-19-16-11(2)8-15(20-9-14(16)18)21-10-12-4-6-13(17)7-5-12/h4-6,8-9,13,19H,2-3,7,10H2,1H3. The Kier molecular flexibility index (Phi) is 5.09. The highest BCUT2D eigenvalue weighted by Gasteiger charge is 2.13. The van der Waals surface area contributed by atoms with Gasteiger partial charge in [0, 0.05) is 19.0 Å². The number of nitrogens with one attached hydrogen (secondary N) is 1. The van der Waals surface area contributed by atoms with Crippen LogP contribution in [0.2, 0.25) is 0 Å².